The molecule has 0 aromatic heterocycles. The Morgan fingerprint density at radius 2 is 1.74 bits per heavy atom. The van der Waals surface area contributed by atoms with Gasteiger partial charge in [-0.25, -0.2) is 4.79 Å². The van der Waals surface area contributed by atoms with E-state index >= 15 is 0 Å². The van der Waals surface area contributed by atoms with Crippen LogP contribution in [-0.4, -0.2) is 18.2 Å². The van der Waals surface area contributed by atoms with E-state index in [1.54, 1.807) is 45.0 Å². The summed E-state index contributed by atoms with van der Waals surface area (Å²) in [6.07, 6.45) is -4.43. The van der Waals surface area contributed by atoms with Crippen molar-refractivity contribution in [2.75, 3.05) is 6.61 Å². The van der Waals surface area contributed by atoms with E-state index in [-0.39, 0.29) is 11.6 Å². The minimum absolute atomic E-state index is 0.0265. The van der Waals surface area contributed by atoms with Gasteiger partial charge in [-0.15, -0.1) is 0 Å². The van der Waals surface area contributed by atoms with Gasteiger partial charge in [0.1, 0.15) is 5.75 Å². The van der Waals surface area contributed by atoms with Gasteiger partial charge in [-0.2, -0.15) is 13.2 Å². The third-order valence-electron chi connectivity index (χ3n) is 3.45. The number of alkyl halides is 3. The first-order valence-corrected chi connectivity index (χ1v) is 9.23. The van der Waals surface area contributed by atoms with Crippen LogP contribution in [0.5, 0.6) is 5.75 Å². The van der Waals surface area contributed by atoms with Crippen molar-refractivity contribution in [3.05, 3.63) is 53.1 Å². The molecule has 0 aliphatic heterocycles. The highest BCUT2D eigenvalue weighted by molar-refractivity contribution is 7.99. The molecular formula is C19H18ClF3O3S. The summed E-state index contributed by atoms with van der Waals surface area (Å²) < 4.78 is 48.7. The lowest BCUT2D eigenvalue weighted by Crippen LogP contribution is -2.39. The van der Waals surface area contributed by atoms with Gasteiger partial charge in [-0.05, 0) is 63.2 Å². The molecule has 0 aliphatic carbocycles. The summed E-state index contributed by atoms with van der Waals surface area (Å²) >= 11 is 7.20. The van der Waals surface area contributed by atoms with E-state index in [1.165, 1.54) is 17.8 Å². The summed E-state index contributed by atoms with van der Waals surface area (Å²) in [6.45, 7) is 5.19. The Kier molecular flexibility index (Phi) is 6.70. The van der Waals surface area contributed by atoms with Gasteiger partial charge in [-0.1, -0.05) is 23.4 Å². The number of hydrogen-bond acceptors (Lipinski definition) is 4. The molecule has 0 aliphatic rings. The molecule has 0 radical (unpaired) electrons. The van der Waals surface area contributed by atoms with Crippen LogP contribution in [0.3, 0.4) is 0 Å². The summed E-state index contributed by atoms with van der Waals surface area (Å²) in [5, 5.41) is 0.0265. The normalized spacial score (nSPS) is 12.0. The van der Waals surface area contributed by atoms with E-state index in [2.05, 4.69) is 0 Å². The number of hydrogen-bond donors (Lipinski definition) is 0. The highest BCUT2D eigenvalue weighted by atomic mass is 35.5. The fourth-order valence-electron chi connectivity index (χ4n) is 2.10. The van der Waals surface area contributed by atoms with E-state index < -0.39 is 23.3 Å². The van der Waals surface area contributed by atoms with Crippen molar-refractivity contribution >= 4 is 29.3 Å². The molecule has 0 bridgehead atoms. The molecule has 0 fully saturated rings. The molecule has 2 aromatic carbocycles. The van der Waals surface area contributed by atoms with Crippen molar-refractivity contribution in [1.82, 2.24) is 0 Å². The first-order valence-electron chi connectivity index (χ1n) is 8.04. The second kappa shape index (κ2) is 8.44. The molecule has 8 heteroatoms. The molecule has 0 N–H and O–H groups in total. The number of carbonyl (C=O) groups excluding carboxylic acids is 1. The minimum atomic E-state index is -4.43. The van der Waals surface area contributed by atoms with Crippen molar-refractivity contribution in [1.29, 1.82) is 0 Å². The maximum atomic E-state index is 12.7. The Hall–Kier alpha value is -1.86. The van der Waals surface area contributed by atoms with Crippen LogP contribution in [0.2, 0.25) is 5.02 Å². The van der Waals surface area contributed by atoms with Gasteiger partial charge in [0.25, 0.3) is 0 Å². The summed E-state index contributed by atoms with van der Waals surface area (Å²) in [5.41, 5.74) is -1.93. The summed E-state index contributed by atoms with van der Waals surface area (Å²) in [5.74, 6) is -0.00379. The van der Waals surface area contributed by atoms with Gasteiger partial charge in [0, 0.05) is 9.79 Å². The highest BCUT2D eigenvalue weighted by Gasteiger charge is 2.32. The van der Waals surface area contributed by atoms with E-state index in [0.29, 0.717) is 10.6 Å². The fraction of sp³-hybridized carbons (Fsp3) is 0.316. The standard InChI is InChI=1S/C19H18ClF3O3S/c1-4-25-17(24)18(2,3)26-13-6-8-14(9-7-13)27-16-10-5-12(11-15(16)20)19(21,22)23/h5-11H,4H2,1-3H3. The van der Waals surface area contributed by atoms with Crippen molar-refractivity contribution in [3.8, 4) is 5.75 Å². The summed E-state index contributed by atoms with van der Waals surface area (Å²) in [6, 6.07) is 10.0. The molecule has 27 heavy (non-hydrogen) atoms. The smallest absolute Gasteiger partial charge is 0.416 e. The molecule has 2 rings (SSSR count). The van der Waals surface area contributed by atoms with Crippen molar-refractivity contribution in [2.24, 2.45) is 0 Å². The highest BCUT2D eigenvalue weighted by Crippen LogP contribution is 2.38. The molecule has 0 saturated heterocycles. The monoisotopic (exact) mass is 418 g/mol. The van der Waals surface area contributed by atoms with Gasteiger partial charge in [0.05, 0.1) is 17.2 Å². The van der Waals surface area contributed by atoms with Crippen LogP contribution in [0.15, 0.2) is 52.3 Å². The lowest BCUT2D eigenvalue weighted by atomic mass is 10.1. The average molecular weight is 419 g/mol. The molecule has 0 saturated carbocycles. The molecule has 146 valence electrons. The Bertz CT molecular complexity index is 805. The number of ether oxygens (including phenoxy) is 2. The van der Waals surface area contributed by atoms with Gasteiger partial charge in [0.2, 0.25) is 0 Å². The van der Waals surface area contributed by atoms with Crippen LogP contribution in [0.1, 0.15) is 26.3 Å². The topological polar surface area (TPSA) is 35.5 Å². The average Bonchev–Trinajstić information content (AvgIpc) is 2.57. The van der Waals surface area contributed by atoms with E-state index in [0.717, 1.165) is 17.0 Å². The second-order valence-electron chi connectivity index (χ2n) is 6.05. The maximum absolute atomic E-state index is 12.7. The van der Waals surface area contributed by atoms with Crippen LogP contribution < -0.4 is 4.74 Å². The number of halogens is 4. The van der Waals surface area contributed by atoms with Crippen LogP contribution in [0, 0.1) is 0 Å². The molecular weight excluding hydrogens is 401 g/mol. The summed E-state index contributed by atoms with van der Waals surface area (Å²) in [4.78, 5) is 13.1. The predicted molar refractivity (Wildman–Crippen MR) is 98.4 cm³/mol. The second-order valence-corrected chi connectivity index (χ2v) is 7.57. The first-order chi connectivity index (χ1) is 12.5. The Morgan fingerprint density at radius 3 is 2.26 bits per heavy atom. The van der Waals surface area contributed by atoms with Gasteiger partial charge >= 0.3 is 12.1 Å². The zero-order valence-corrected chi connectivity index (χ0v) is 16.5. The molecule has 0 amide bonds. The van der Waals surface area contributed by atoms with Crippen molar-refractivity contribution in [2.45, 2.75) is 42.3 Å². The first kappa shape index (κ1) is 21.4. The van der Waals surface area contributed by atoms with Gasteiger partial charge in [-0.3, -0.25) is 0 Å². The number of carbonyl (C=O) groups is 1. The van der Waals surface area contributed by atoms with Crippen molar-refractivity contribution in [3.63, 3.8) is 0 Å². The number of rotatable bonds is 6. The molecule has 3 nitrogen and oxygen atoms in total. The summed E-state index contributed by atoms with van der Waals surface area (Å²) in [7, 11) is 0. The van der Waals surface area contributed by atoms with Gasteiger partial charge in [0.15, 0.2) is 5.60 Å². The van der Waals surface area contributed by atoms with Crippen LogP contribution in [0.25, 0.3) is 0 Å². The van der Waals surface area contributed by atoms with Crippen molar-refractivity contribution < 1.29 is 27.4 Å². The Labute approximate surface area is 164 Å². The molecule has 0 spiro atoms. The molecule has 0 heterocycles. The molecule has 0 atom stereocenters. The minimum Gasteiger partial charge on any atom is -0.476 e. The van der Waals surface area contributed by atoms with Crippen LogP contribution >= 0.6 is 23.4 Å². The van der Waals surface area contributed by atoms with Gasteiger partial charge < -0.3 is 9.47 Å². The lowest BCUT2D eigenvalue weighted by molar-refractivity contribution is -0.158. The largest absolute Gasteiger partial charge is 0.476 e. The van der Waals surface area contributed by atoms with E-state index in [4.69, 9.17) is 21.1 Å². The molecule has 2 aromatic rings. The SMILES string of the molecule is CCOC(=O)C(C)(C)Oc1ccc(Sc2ccc(C(F)(F)F)cc2Cl)cc1. The Balaban J connectivity index is 2.09. The third-order valence-corrected chi connectivity index (χ3v) is 4.96. The third kappa shape index (κ3) is 5.81. The van der Waals surface area contributed by atoms with E-state index in [1.807, 2.05) is 0 Å². The lowest BCUT2D eigenvalue weighted by Gasteiger charge is -2.24. The fourth-order valence-corrected chi connectivity index (χ4v) is 3.22. The quantitative estimate of drug-likeness (QED) is 0.521. The Morgan fingerprint density at radius 1 is 1.11 bits per heavy atom. The zero-order chi connectivity index (χ0) is 20.2. The van der Waals surface area contributed by atoms with Crippen LogP contribution in [-0.2, 0) is 15.7 Å². The predicted octanol–water partition coefficient (Wildman–Crippen LogP) is 6.23. The van der Waals surface area contributed by atoms with Crippen LogP contribution in [0.4, 0.5) is 13.2 Å². The number of esters is 1. The van der Waals surface area contributed by atoms with E-state index in [9.17, 15) is 18.0 Å². The molecule has 0 unspecified atom stereocenters. The maximum Gasteiger partial charge on any atom is 0.416 e. The zero-order valence-electron chi connectivity index (χ0n) is 14.9. The number of benzene rings is 2.